The fourth-order valence-electron chi connectivity index (χ4n) is 4.01. The maximum Gasteiger partial charge on any atom is 0.420 e. The molecule has 1 aromatic heterocycles. The van der Waals surface area contributed by atoms with Gasteiger partial charge in [-0.1, -0.05) is 0 Å². The highest BCUT2D eigenvalue weighted by Crippen LogP contribution is 2.38. The fraction of sp³-hybridized carbons (Fsp3) is 0.296. The van der Waals surface area contributed by atoms with Gasteiger partial charge in [-0.2, -0.15) is 13.2 Å². The Bertz CT molecular complexity index is 1300. The van der Waals surface area contributed by atoms with E-state index in [0.29, 0.717) is 23.7 Å². The number of pyridine rings is 1. The van der Waals surface area contributed by atoms with E-state index in [1.54, 1.807) is 30.3 Å². The van der Waals surface area contributed by atoms with Gasteiger partial charge in [0.05, 0.1) is 5.56 Å². The lowest BCUT2D eigenvalue weighted by molar-refractivity contribution is -0.138. The lowest BCUT2D eigenvalue weighted by Crippen LogP contribution is -2.25. The molecule has 2 heterocycles. The highest BCUT2D eigenvalue weighted by molar-refractivity contribution is 5.99. The zero-order chi connectivity index (χ0) is 27.8. The average molecular weight is 544 g/mol. The molecule has 0 spiro atoms. The zero-order valence-electron chi connectivity index (χ0n) is 21.2. The molecule has 3 amide bonds. The van der Waals surface area contributed by atoms with Gasteiger partial charge in [-0.05, 0) is 74.5 Å². The number of nitrogens with zero attached hydrogens (tertiary/aromatic N) is 2. The molecule has 3 aromatic rings. The molecule has 3 N–H and O–H groups in total. The number of anilines is 2. The van der Waals surface area contributed by atoms with Crippen LogP contribution in [0.3, 0.4) is 0 Å². The number of urea groups is 1. The molecule has 4 rings (SSSR count). The third kappa shape index (κ3) is 7.84. The first kappa shape index (κ1) is 27.7. The van der Waals surface area contributed by atoms with Crippen LogP contribution in [0.4, 0.5) is 29.3 Å². The summed E-state index contributed by atoms with van der Waals surface area (Å²) in [6, 6.07) is 12.1. The topological polar surface area (TPSA) is 105 Å². The maximum absolute atomic E-state index is 13.7. The monoisotopic (exact) mass is 543 g/mol. The Kier molecular flexibility index (Phi) is 8.87. The third-order valence-corrected chi connectivity index (χ3v) is 5.95. The largest absolute Gasteiger partial charge is 0.492 e. The summed E-state index contributed by atoms with van der Waals surface area (Å²) < 4.78 is 52.1. The van der Waals surface area contributed by atoms with Crippen molar-refractivity contribution >= 4 is 23.3 Å². The highest BCUT2D eigenvalue weighted by Gasteiger charge is 2.35. The van der Waals surface area contributed by atoms with Crippen LogP contribution in [-0.4, -0.2) is 55.1 Å². The molecule has 1 fully saturated rings. The predicted octanol–water partition coefficient (Wildman–Crippen LogP) is 5.37. The molecule has 2 aromatic carbocycles. The van der Waals surface area contributed by atoms with Crippen molar-refractivity contribution in [2.45, 2.75) is 19.0 Å². The molecule has 1 saturated heterocycles. The molecule has 0 bridgehead atoms. The van der Waals surface area contributed by atoms with E-state index in [-0.39, 0.29) is 29.6 Å². The van der Waals surface area contributed by atoms with Gasteiger partial charge in [-0.25, -0.2) is 4.79 Å². The van der Waals surface area contributed by atoms with E-state index in [0.717, 1.165) is 32.0 Å². The van der Waals surface area contributed by atoms with Gasteiger partial charge >= 0.3 is 12.2 Å². The van der Waals surface area contributed by atoms with E-state index in [9.17, 15) is 22.8 Å². The first-order valence-electron chi connectivity index (χ1n) is 12.3. The standard InChI is InChI=1S/C27H28F3N5O4/c1-31-25(36)23-17-21(10-11-32-23)39-20-7-4-18(5-8-20)33-26(37)34-19-6-9-24(22(16-19)27(28,29)30)38-15-14-35-12-2-3-13-35/h4-11,16-17H,2-3,12-15H2,1H3,(H,31,36)(H2,33,34,37). The quantitative estimate of drug-likeness (QED) is 0.335. The number of ether oxygens (including phenoxy) is 2. The molecular formula is C27H28F3N5O4. The molecule has 39 heavy (non-hydrogen) atoms. The van der Waals surface area contributed by atoms with Gasteiger partial charge in [-0.3, -0.25) is 14.7 Å². The van der Waals surface area contributed by atoms with E-state index >= 15 is 0 Å². The Morgan fingerprint density at radius 3 is 2.33 bits per heavy atom. The molecule has 0 atom stereocenters. The van der Waals surface area contributed by atoms with E-state index in [2.05, 4.69) is 25.8 Å². The molecular weight excluding hydrogens is 515 g/mol. The SMILES string of the molecule is CNC(=O)c1cc(Oc2ccc(NC(=O)Nc3ccc(OCCN4CCCC4)c(C(F)(F)F)c3)cc2)ccn1. The van der Waals surface area contributed by atoms with Gasteiger partial charge in [-0.15, -0.1) is 0 Å². The number of hydrogen-bond acceptors (Lipinski definition) is 6. The second kappa shape index (κ2) is 12.5. The van der Waals surface area contributed by atoms with Gasteiger partial charge in [0, 0.05) is 37.2 Å². The molecule has 0 unspecified atom stereocenters. The van der Waals surface area contributed by atoms with Crippen molar-refractivity contribution in [3.63, 3.8) is 0 Å². The Morgan fingerprint density at radius 2 is 1.64 bits per heavy atom. The van der Waals surface area contributed by atoms with Crippen molar-refractivity contribution in [2.75, 3.05) is 43.9 Å². The Morgan fingerprint density at radius 1 is 0.949 bits per heavy atom. The number of rotatable bonds is 9. The minimum atomic E-state index is -4.65. The second-order valence-corrected chi connectivity index (χ2v) is 8.77. The smallest absolute Gasteiger partial charge is 0.420 e. The van der Waals surface area contributed by atoms with Gasteiger partial charge < -0.3 is 25.4 Å². The lowest BCUT2D eigenvalue weighted by Gasteiger charge is -2.18. The summed E-state index contributed by atoms with van der Waals surface area (Å²) in [5.74, 6) is 0.198. The normalized spacial score (nSPS) is 13.5. The van der Waals surface area contributed by atoms with Crippen LogP contribution in [0.1, 0.15) is 28.9 Å². The number of alkyl halides is 3. The number of benzene rings is 2. The maximum atomic E-state index is 13.7. The predicted molar refractivity (Wildman–Crippen MR) is 139 cm³/mol. The Hall–Kier alpha value is -4.32. The Labute approximate surface area is 223 Å². The van der Waals surface area contributed by atoms with Gasteiger partial charge in [0.25, 0.3) is 5.91 Å². The summed E-state index contributed by atoms with van der Waals surface area (Å²) >= 11 is 0. The highest BCUT2D eigenvalue weighted by atomic mass is 19.4. The van der Waals surface area contributed by atoms with Crippen molar-refractivity contribution in [3.05, 3.63) is 72.1 Å². The Balaban J connectivity index is 1.34. The first-order chi connectivity index (χ1) is 18.7. The number of aromatic nitrogens is 1. The average Bonchev–Trinajstić information content (AvgIpc) is 3.43. The van der Waals surface area contributed by atoms with E-state index in [4.69, 9.17) is 9.47 Å². The first-order valence-corrected chi connectivity index (χ1v) is 12.3. The number of nitrogens with one attached hydrogen (secondary N) is 3. The molecule has 0 aliphatic carbocycles. The van der Waals surface area contributed by atoms with Crippen molar-refractivity contribution < 1.29 is 32.2 Å². The summed E-state index contributed by atoms with van der Waals surface area (Å²) in [5.41, 5.74) is -0.408. The fourth-order valence-corrected chi connectivity index (χ4v) is 4.01. The summed E-state index contributed by atoms with van der Waals surface area (Å²) in [7, 11) is 1.50. The number of amides is 3. The number of likely N-dealkylation sites (tertiary alicyclic amines) is 1. The molecule has 1 aliphatic rings. The van der Waals surface area contributed by atoms with Crippen LogP contribution >= 0.6 is 0 Å². The van der Waals surface area contributed by atoms with Crippen LogP contribution in [0.25, 0.3) is 0 Å². The molecule has 206 valence electrons. The summed E-state index contributed by atoms with van der Waals surface area (Å²) in [6.45, 7) is 2.55. The van der Waals surface area contributed by atoms with Gasteiger partial charge in [0.1, 0.15) is 29.5 Å². The molecule has 9 nitrogen and oxygen atoms in total. The van der Waals surface area contributed by atoms with E-state index in [1.807, 2.05) is 0 Å². The third-order valence-electron chi connectivity index (χ3n) is 5.95. The molecule has 1 aliphatic heterocycles. The van der Waals surface area contributed by atoms with Crippen molar-refractivity contribution in [3.8, 4) is 17.2 Å². The number of hydrogen-bond donors (Lipinski definition) is 3. The van der Waals surface area contributed by atoms with Crippen molar-refractivity contribution in [1.82, 2.24) is 15.2 Å². The van der Waals surface area contributed by atoms with Gasteiger partial charge in [0.15, 0.2) is 0 Å². The molecule has 0 saturated carbocycles. The van der Waals surface area contributed by atoms with Crippen molar-refractivity contribution in [2.24, 2.45) is 0 Å². The molecule has 0 radical (unpaired) electrons. The van der Waals surface area contributed by atoms with Gasteiger partial charge in [0.2, 0.25) is 0 Å². The summed E-state index contributed by atoms with van der Waals surface area (Å²) in [6.07, 6.45) is -1.04. The van der Waals surface area contributed by atoms with Crippen LogP contribution in [-0.2, 0) is 6.18 Å². The van der Waals surface area contributed by atoms with E-state index in [1.165, 1.54) is 31.4 Å². The van der Waals surface area contributed by atoms with Crippen LogP contribution in [0.5, 0.6) is 17.2 Å². The minimum Gasteiger partial charge on any atom is -0.492 e. The second-order valence-electron chi connectivity index (χ2n) is 8.77. The lowest BCUT2D eigenvalue weighted by atomic mass is 10.1. The number of carbonyl (C=O) groups is 2. The minimum absolute atomic E-state index is 0.0312. The summed E-state index contributed by atoms with van der Waals surface area (Å²) in [5, 5.41) is 7.46. The van der Waals surface area contributed by atoms with E-state index < -0.39 is 17.8 Å². The summed E-state index contributed by atoms with van der Waals surface area (Å²) in [4.78, 5) is 30.3. The molecule has 12 heteroatoms. The van der Waals surface area contributed by atoms with Crippen LogP contribution in [0.2, 0.25) is 0 Å². The van der Waals surface area contributed by atoms with Crippen LogP contribution in [0, 0.1) is 0 Å². The number of halogens is 3. The van der Waals surface area contributed by atoms with Crippen molar-refractivity contribution in [1.29, 1.82) is 0 Å². The number of carbonyl (C=O) groups excluding carboxylic acids is 2. The van der Waals surface area contributed by atoms with Crippen LogP contribution < -0.4 is 25.4 Å². The zero-order valence-corrected chi connectivity index (χ0v) is 21.2. The van der Waals surface area contributed by atoms with Crippen LogP contribution in [0.15, 0.2) is 60.8 Å².